The lowest BCUT2D eigenvalue weighted by atomic mass is 9.92. The van der Waals surface area contributed by atoms with Crippen LogP contribution in [0.1, 0.15) is 105 Å². The first kappa shape index (κ1) is 41.0. The number of rotatable bonds is 19. The summed E-state index contributed by atoms with van der Waals surface area (Å²) in [6.07, 6.45) is 2.78. The first-order valence-electron chi connectivity index (χ1n) is 17.8. The third kappa shape index (κ3) is 11.1. The fourth-order valence-corrected chi connectivity index (χ4v) is 7.39. The third-order valence-electron chi connectivity index (χ3n) is 9.92. The van der Waals surface area contributed by atoms with E-state index in [1.807, 2.05) is 58.7 Å². The van der Waals surface area contributed by atoms with Gasteiger partial charge in [0, 0.05) is 38.0 Å². The molecule has 0 radical (unpaired) electrons. The molecule has 13 heteroatoms. The molecule has 3 rings (SSSR count). The molecular formula is C37H57N5O7S. The molecule has 3 amide bonds. The normalized spacial score (nSPS) is 18.1. The van der Waals surface area contributed by atoms with Crippen LogP contribution in [0.5, 0.6) is 0 Å². The van der Waals surface area contributed by atoms with E-state index < -0.39 is 36.0 Å². The van der Waals surface area contributed by atoms with Gasteiger partial charge in [0.15, 0.2) is 0 Å². The number of nitrogens with zero attached hydrogens (tertiary/aromatic N) is 3. The quantitative estimate of drug-likeness (QED) is 0.166. The number of benzene rings is 1. The number of methoxy groups -OCH3 is 1. The van der Waals surface area contributed by atoms with Crippen molar-refractivity contribution in [3.8, 4) is 0 Å². The predicted octanol–water partition coefficient (Wildman–Crippen LogP) is 4.38. The van der Waals surface area contributed by atoms with E-state index in [-0.39, 0.29) is 67.9 Å². The van der Waals surface area contributed by atoms with Gasteiger partial charge in [0.1, 0.15) is 22.8 Å². The smallest absolute Gasteiger partial charge is 0.311 e. The van der Waals surface area contributed by atoms with E-state index in [4.69, 9.17) is 4.74 Å². The average molecular weight is 716 g/mol. The highest BCUT2D eigenvalue weighted by molar-refractivity contribution is 7.09. The van der Waals surface area contributed by atoms with E-state index in [2.05, 4.69) is 15.6 Å². The van der Waals surface area contributed by atoms with E-state index in [0.717, 1.165) is 42.7 Å². The third-order valence-corrected chi connectivity index (χ3v) is 10.9. The second-order valence-corrected chi connectivity index (χ2v) is 14.7. The van der Waals surface area contributed by atoms with Crippen molar-refractivity contribution >= 4 is 35.0 Å². The van der Waals surface area contributed by atoms with Crippen molar-refractivity contribution in [3.63, 3.8) is 0 Å². The van der Waals surface area contributed by atoms with Gasteiger partial charge in [0.25, 0.3) is 5.91 Å². The maximum absolute atomic E-state index is 14.4. The Morgan fingerprint density at radius 2 is 1.88 bits per heavy atom. The molecule has 4 N–H and O–H groups in total. The van der Waals surface area contributed by atoms with Crippen molar-refractivity contribution in [2.24, 2.45) is 11.8 Å². The molecule has 1 aromatic heterocycles. The van der Waals surface area contributed by atoms with Crippen LogP contribution in [0, 0.1) is 18.8 Å². The number of nitrogens with one attached hydrogen (secondary N) is 2. The molecule has 12 nitrogen and oxygen atoms in total. The number of amides is 3. The summed E-state index contributed by atoms with van der Waals surface area (Å²) in [6, 6.07) is 5.88. The van der Waals surface area contributed by atoms with Crippen LogP contribution < -0.4 is 10.6 Å². The van der Waals surface area contributed by atoms with Gasteiger partial charge in [-0.3, -0.25) is 24.1 Å². The highest BCUT2D eigenvalue weighted by atomic mass is 32.1. The zero-order valence-corrected chi connectivity index (χ0v) is 31.5. The Balaban J connectivity index is 1.72. The first-order chi connectivity index (χ1) is 23.8. The van der Waals surface area contributed by atoms with E-state index in [1.54, 1.807) is 29.5 Å². The minimum atomic E-state index is -1.06. The number of thiazole rings is 1. The van der Waals surface area contributed by atoms with Gasteiger partial charge < -0.3 is 30.5 Å². The van der Waals surface area contributed by atoms with Crippen molar-refractivity contribution in [1.29, 1.82) is 0 Å². The highest BCUT2D eigenvalue weighted by Gasteiger charge is 2.38. The number of likely N-dealkylation sites (tertiary alicyclic amines) is 1. The number of aliphatic hydroxyl groups excluding tert-OH is 1. The maximum atomic E-state index is 14.4. The van der Waals surface area contributed by atoms with Crippen molar-refractivity contribution < 1.29 is 34.1 Å². The number of hydrogen-bond acceptors (Lipinski definition) is 9. The second kappa shape index (κ2) is 19.9. The molecule has 2 aromatic rings. The molecule has 1 saturated heterocycles. The summed E-state index contributed by atoms with van der Waals surface area (Å²) >= 11 is 1.15. The minimum Gasteiger partial charge on any atom is -0.481 e. The van der Waals surface area contributed by atoms with Crippen LogP contribution in [0.25, 0.3) is 0 Å². The van der Waals surface area contributed by atoms with Gasteiger partial charge in [0.2, 0.25) is 11.8 Å². The number of aryl methyl sites for hydroxylation is 1. The van der Waals surface area contributed by atoms with Crippen LogP contribution >= 0.6 is 11.3 Å². The molecule has 2 heterocycles. The Bertz CT molecular complexity index is 1420. The van der Waals surface area contributed by atoms with Crippen LogP contribution in [-0.2, 0) is 19.1 Å². The van der Waals surface area contributed by atoms with E-state index in [1.165, 1.54) is 0 Å². The molecule has 278 valence electrons. The molecule has 0 bridgehead atoms. The van der Waals surface area contributed by atoms with Crippen LogP contribution in [-0.4, -0.2) is 107 Å². The number of carboxylic acid groups (broad SMARTS) is 1. The van der Waals surface area contributed by atoms with Crippen molar-refractivity contribution in [1.82, 2.24) is 25.4 Å². The number of carbonyl (C=O) groups is 4. The van der Waals surface area contributed by atoms with Crippen LogP contribution in [0.2, 0.25) is 0 Å². The number of aromatic nitrogens is 1. The largest absolute Gasteiger partial charge is 0.481 e. The standard InChI is InChI=1S/C37H57N5O7S/c1-8-24(4)32(40-34(45)29-15-11-12-18-41(29)6)36(46)42(19-20-49-7)30(23(2)3)21-31(43)35-39-28(22-50-35)33(44)38-17-16-27(37(47)48)26-14-10-9-13-25(26)5/h9-10,13-14,22-24,27,29-32,43H,8,11-12,15-21H2,1-7H3,(H,38,44)(H,40,45)(H,47,48)/t24?,27-,29?,30-,31-,32?/m1/s1. The van der Waals surface area contributed by atoms with Gasteiger partial charge in [-0.1, -0.05) is 64.8 Å². The molecule has 0 aliphatic carbocycles. The fourth-order valence-electron chi connectivity index (χ4n) is 6.59. The molecule has 6 atom stereocenters. The molecule has 1 aromatic carbocycles. The van der Waals surface area contributed by atoms with Crippen molar-refractivity contribution in [2.45, 2.75) is 103 Å². The number of carboxylic acids is 1. The zero-order chi connectivity index (χ0) is 37.0. The predicted molar refractivity (Wildman–Crippen MR) is 194 cm³/mol. The van der Waals surface area contributed by atoms with Crippen molar-refractivity contribution in [2.75, 3.05) is 40.4 Å². The van der Waals surface area contributed by atoms with E-state index >= 15 is 0 Å². The molecule has 1 fully saturated rings. The van der Waals surface area contributed by atoms with Crippen LogP contribution in [0.15, 0.2) is 29.6 Å². The molecule has 0 saturated carbocycles. The van der Waals surface area contributed by atoms with Gasteiger partial charge in [-0.05, 0) is 62.7 Å². The Morgan fingerprint density at radius 1 is 1.16 bits per heavy atom. The molecule has 0 spiro atoms. The SMILES string of the molecule is CCC(C)C(NC(=O)C1CCCCN1C)C(=O)N(CCOC)[C@H](C[C@@H](O)c1nc(C(=O)NCC[C@@H](C(=O)O)c2ccccc2C)cs1)C(C)C. The zero-order valence-electron chi connectivity index (χ0n) is 30.7. The number of aliphatic carboxylic acids is 1. The topological polar surface area (TPSA) is 161 Å². The second-order valence-electron chi connectivity index (χ2n) is 13.8. The Hall–Kier alpha value is -3.39. The number of aliphatic hydroxyl groups is 1. The van der Waals surface area contributed by atoms with Crippen LogP contribution in [0.4, 0.5) is 0 Å². The molecule has 1 aliphatic heterocycles. The fraction of sp³-hybridized carbons (Fsp3) is 0.649. The van der Waals surface area contributed by atoms with E-state index in [9.17, 15) is 29.4 Å². The Kier molecular flexibility index (Phi) is 16.3. The first-order valence-corrected chi connectivity index (χ1v) is 18.7. The number of piperidine rings is 1. The summed E-state index contributed by atoms with van der Waals surface area (Å²) < 4.78 is 5.38. The molecule has 1 aliphatic rings. The summed E-state index contributed by atoms with van der Waals surface area (Å²) in [5, 5.41) is 29.0. The lowest BCUT2D eigenvalue weighted by molar-refractivity contribution is -0.143. The Morgan fingerprint density at radius 3 is 2.50 bits per heavy atom. The van der Waals surface area contributed by atoms with Gasteiger partial charge in [-0.15, -0.1) is 11.3 Å². The van der Waals surface area contributed by atoms with Gasteiger partial charge >= 0.3 is 5.97 Å². The molecule has 3 unspecified atom stereocenters. The summed E-state index contributed by atoms with van der Waals surface area (Å²) in [7, 11) is 3.52. The van der Waals surface area contributed by atoms with Gasteiger partial charge in [0.05, 0.1) is 18.6 Å². The molecule has 50 heavy (non-hydrogen) atoms. The summed E-state index contributed by atoms with van der Waals surface area (Å²) in [6.45, 7) is 11.3. The van der Waals surface area contributed by atoms with Gasteiger partial charge in [-0.2, -0.15) is 0 Å². The number of likely N-dealkylation sites (N-methyl/N-ethyl adjacent to an activating group) is 1. The maximum Gasteiger partial charge on any atom is 0.311 e. The highest BCUT2D eigenvalue weighted by Crippen LogP contribution is 2.29. The number of ether oxygens (including phenoxy) is 1. The Labute approximate surface area is 301 Å². The molecular weight excluding hydrogens is 659 g/mol. The van der Waals surface area contributed by atoms with Crippen molar-refractivity contribution in [3.05, 3.63) is 51.5 Å². The summed E-state index contributed by atoms with van der Waals surface area (Å²) in [5.41, 5.74) is 1.71. The number of carbonyl (C=O) groups excluding carboxylic acids is 3. The number of hydrogen-bond donors (Lipinski definition) is 4. The minimum absolute atomic E-state index is 0.0543. The summed E-state index contributed by atoms with van der Waals surface area (Å²) in [5.74, 6) is -2.70. The lowest BCUT2D eigenvalue weighted by Crippen LogP contribution is -2.59. The van der Waals surface area contributed by atoms with Crippen LogP contribution in [0.3, 0.4) is 0 Å². The lowest BCUT2D eigenvalue weighted by Gasteiger charge is -2.39. The van der Waals surface area contributed by atoms with Gasteiger partial charge in [-0.25, -0.2) is 4.98 Å². The summed E-state index contributed by atoms with van der Waals surface area (Å²) in [4.78, 5) is 61.0. The van der Waals surface area contributed by atoms with E-state index in [0.29, 0.717) is 17.0 Å². The monoisotopic (exact) mass is 715 g/mol. The average Bonchev–Trinajstić information content (AvgIpc) is 3.59.